The van der Waals surface area contributed by atoms with Crippen LogP contribution in [0.1, 0.15) is 35.2 Å². The number of carbonyl (C=O) groups excluding carboxylic acids is 1. The molecule has 0 unspecified atom stereocenters. The lowest BCUT2D eigenvalue weighted by molar-refractivity contribution is 0.102. The van der Waals surface area contributed by atoms with Gasteiger partial charge in [0.25, 0.3) is 5.91 Å². The molecule has 116 valence electrons. The maximum absolute atomic E-state index is 12.3. The number of nitrogens with zero attached hydrogens (tertiary/aromatic N) is 2. The van der Waals surface area contributed by atoms with Crippen molar-refractivity contribution in [2.24, 2.45) is 0 Å². The quantitative estimate of drug-likeness (QED) is 0.845. The van der Waals surface area contributed by atoms with E-state index in [0.717, 1.165) is 28.7 Å². The smallest absolute Gasteiger partial charge is 0.274 e. The van der Waals surface area contributed by atoms with Crippen molar-refractivity contribution in [3.63, 3.8) is 0 Å². The summed E-state index contributed by atoms with van der Waals surface area (Å²) in [5.74, 6) is 0.997. The number of carbonyl (C=O) groups is 1. The molecule has 0 aliphatic rings. The number of halogens is 1. The molecule has 0 saturated carbocycles. The summed E-state index contributed by atoms with van der Waals surface area (Å²) < 4.78 is 1.01. The van der Waals surface area contributed by atoms with Crippen molar-refractivity contribution in [3.05, 3.63) is 45.8 Å². The van der Waals surface area contributed by atoms with E-state index in [1.807, 2.05) is 25.1 Å². The summed E-state index contributed by atoms with van der Waals surface area (Å²) in [5.41, 5.74) is 2.15. The molecule has 0 aliphatic carbocycles. The minimum atomic E-state index is -0.244. The lowest BCUT2D eigenvalue weighted by Crippen LogP contribution is -2.16. The fourth-order valence-corrected chi connectivity index (χ4v) is 2.19. The molecule has 0 atom stereocenters. The molecule has 1 aromatic heterocycles. The standard InChI is InChI=1S/C16H19BrN4O/c1-4-7-18-15-9-14(19-11(3)20-15)16(22)21-12-5-6-13(17)10(2)8-12/h5-6,8-9H,4,7H2,1-3H3,(H,21,22)(H,18,19,20). The molecule has 1 aromatic carbocycles. The van der Waals surface area contributed by atoms with E-state index in [1.165, 1.54) is 0 Å². The lowest BCUT2D eigenvalue weighted by Gasteiger charge is -2.09. The van der Waals surface area contributed by atoms with Crippen LogP contribution in [0, 0.1) is 13.8 Å². The molecule has 0 saturated heterocycles. The zero-order chi connectivity index (χ0) is 16.1. The van der Waals surface area contributed by atoms with Crippen molar-refractivity contribution < 1.29 is 4.79 Å². The zero-order valence-corrected chi connectivity index (χ0v) is 14.5. The Bertz CT molecular complexity index is 688. The van der Waals surface area contributed by atoms with Crippen molar-refractivity contribution in [1.82, 2.24) is 9.97 Å². The summed E-state index contributed by atoms with van der Waals surface area (Å²) in [6, 6.07) is 7.33. The van der Waals surface area contributed by atoms with Crippen LogP contribution in [-0.4, -0.2) is 22.4 Å². The molecule has 2 N–H and O–H groups in total. The normalized spacial score (nSPS) is 10.4. The maximum Gasteiger partial charge on any atom is 0.274 e. The van der Waals surface area contributed by atoms with Crippen LogP contribution in [-0.2, 0) is 0 Å². The second-order valence-electron chi connectivity index (χ2n) is 5.03. The molecule has 0 fully saturated rings. The molecule has 2 rings (SSSR count). The zero-order valence-electron chi connectivity index (χ0n) is 12.9. The molecule has 1 amide bonds. The van der Waals surface area contributed by atoms with E-state index in [9.17, 15) is 4.79 Å². The lowest BCUT2D eigenvalue weighted by atomic mass is 10.2. The molecule has 0 aliphatic heterocycles. The van der Waals surface area contributed by atoms with Crippen molar-refractivity contribution in [2.75, 3.05) is 17.2 Å². The van der Waals surface area contributed by atoms with Crippen LogP contribution in [0.3, 0.4) is 0 Å². The van der Waals surface area contributed by atoms with Gasteiger partial charge in [0.05, 0.1) is 0 Å². The van der Waals surface area contributed by atoms with Crippen LogP contribution in [0.4, 0.5) is 11.5 Å². The third-order valence-corrected chi connectivity index (χ3v) is 3.93. The fraction of sp³-hybridized carbons (Fsp3) is 0.312. The van der Waals surface area contributed by atoms with E-state index in [0.29, 0.717) is 17.3 Å². The second kappa shape index (κ2) is 7.35. The Morgan fingerprint density at radius 2 is 2.00 bits per heavy atom. The topological polar surface area (TPSA) is 66.9 Å². The molecular formula is C16H19BrN4O. The van der Waals surface area contributed by atoms with E-state index in [4.69, 9.17) is 0 Å². The third kappa shape index (κ3) is 4.27. The Hall–Kier alpha value is -1.95. The van der Waals surface area contributed by atoms with Crippen molar-refractivity contribution in [2.45, 2.75) is 27.2 Å². The highest BCUT2D eigenvalue weighted by Gasteiger charge is 2.11. The van der Waals surface area contributed by atoms with E-state index in [1.54, 1.807) is 13.0 Å². The number of aryl methyl sites for hydroxylation is 2. The maximum atomic E-state index is 12.3. The molecule has 5 nitrogen and oxygen atoms in total. The summed E-state index contributed by atoms with van der Waals surface area (Å²) in [6.07, 6.45) is 0.989. The first-order valence-corrected chi connectivity index (χ1v) is 7.96. The summed E-state index contributed by atoms with van der Waals surface area (Å²) in [5, 5.41) is 6.03. The molecule has 6 heteroatoms. The molecule has 1 heterocycles. The van der Waals surface area contributed by atoms with Crippen LogP contribution in [0.2, 0.25) is 0 Å². The number of anilines is 2. The van der Waals surface area contributed by atoms with Gasteiger partial charge in [-0.1, -0.05) is 22.9 Å². The van der Waals surface area contributed by atoms with Gasteiger partial charge in [-0.3, -0.25) is 4.79 Å². The first-order valence-electron chi connectivity index (χ1n) is 7.16. The summed E-state index contributed by atoms with van der Waals surface area (Å²) in [4.78, 5) is 20.8. The van der Waals surface area contributed by atoms with E-state index in [-0.39, 0.29) is 5.91 Å². The number of hydrogen-bond acceptors (Lipinski definition) is 4. The van der Waals surface area contributed by atoms with Crippen LogP contribution in [0.25, 0.3) is 0 Å². The van der Waals surface area contributed by atoms with E-state index >= 15 is 0 Å². The third-order valence-electron chi connectivity index (χ3n) is 3.04. The Morgan fingerprint density at radius 1 is 1.23 bits per heavy atom. The number of benzene rings is 1. The molecule has 2 aromatic rings. The Kier molecular flexibility index (Phi) is 5.49. The summed E-state index contributed by atoms with van der Waals surface area (Å²) >= 11 is 3.44. The average molecular weight is 363 g/mol. The van der Waals surface area contributed by atoms with Gasteiger partial charge in [0, 0.05) is 22.8 Å². The van der Waals surface area contributed by atoms with Gasteiger partial charge in [0.2, 0.25) is 0 Å². The summed E-state index contributed by atoms with van der Waals surface area (Å²) in [6.45, 7) is 6.63. The summed E-state index contributed by atoms with van der Waals surface area (Å²) in [7, 11) is 0. The van der Waals surface area contributed by atoms with Crippen molar-refractivity contribution >= 4 is 33.3 Å². The van der Waals surface area contributed by atoms with Gasteiger partial charge in [-0.05, 0) is 44.0 Å². The van der Waals surface area contributed by atoms with E-state index < -0.39 is 0 Å². The predicted molar refractivity (Wildman–Crippen MR) is 92.4 cm³/mol. The van der Waals surface area contributed by atoms with E-state index in [2.05, 4.69) is 43.5 Å². The van der Waals surface area contributed by atoms with Gasteiger partial charge < -0.3 is 10.6 Å². The number of amides is 1. The minimum Gasteiger partial charge on any atom is -0.370 e. The monoisotopic (exact) mass is 362 g/mol. The van der Waals surface area contributed by atoms with Gasteiger partial charge >= 0.3 is 0 Å². The fourth-order valence-electron chi connectivity index (χ4n) is 1.95. The first kappa shape index (κ1) is 16.4. The molecular weight excluding hydrogens is 344 g/mol. The van der Waals surface area contributed by atoms with Gasteiger partial charge in [-0.25, -0.2) is 9.97 Å². The van der Waals surface area contributed by atoms with Gasteiger partial charge in [-0.2, -0.15) is 0 Å². The Labute approximate surface area is 138 Å². The molecule has 0 spiro atoms. The van der Waals surface area contributed by atoms with Gasteiger partial charge in [0.15, 0.2) is 0 Å². The van der Waals surface area contributed by atoms with Crippen molar-refractivity contribution in [3.8, 4) is 0 Å². The number of hydrogen-bond donors (Lipinski definition) is 2. The largest absolute Gasteiger partial charge is 0.370 e. The number of rotatable bonds is 5. The number of aromatic nitrogens is 2. The Morgan fingerprint density at radius 3 is 2.68 bits per heavy atom. The minimum absolute atomic E-state index is 0.244. The predicted octanol–water partition coefficient (Wildman–Crippen LogP) is 3.93. The highest BCUT2D eigenvalue weighted by molar-refractivity contribution is 9.10. The van der Waals surface area contributed by atoms with Crippen LogP contribution in [0.5, 0.6) is 0 Å². The SMILES string of the molecule is CCCNc1cc(C(=O)Nc2ccc(Br)c(C)c2)nc(C)n1. The molecule has 0 bridgehead atoms. The van der Waals surface area contributed by atoms with Gasteiger partial charge in [-0.15, -0.1) is 0 Å². The van der Waals surface area contributed by atoms with Crippen LogP contribution >= 0.6 is 15.9 Å². The highest BCUT2D eigenvalue weighted by atomic mass is 79.9. The molecule has 0 radical (unpaired) electrons. The molecule has 22 heavy (non-hydrogen) atoms. The van der Waals surface area contributed by atoms with Crippen LogP contribution in [0.15, 0.2) is 28.7 Å². The highest BCUT2D eigenvalue weighted by Crippen LogP contribution is 2.20. The second-order valence-corrected chi connectivity index (χ2v) is 5.88. The Balaban J connectivity index is 2.17. The first-order chi connectivity index (χ1) is 10.5. The average Bonchev–Trinajstić information content (AvgIpc) is 2.48. The van der Waals surface area contributed by atoms with Crippen LogP contribution < -0.4 is 10.6 Å². The van der Waals surface area contributed by atoms with Crippen molar-refractivity contribution in [1.29, 1.82) is 0 Å². The number of nitrogens with one attached hydrogen (secondary N) is 2. The van der Waals surface area contributed by atoms with Gasteiger partial charge in [0.1, 0.15) is 17.3 Å².